The molecule has 0 atom stereocenters. The molecule has 1 aliphatic carbocycles. The highest BCUT2D eigenvalue weighted by molar-refractivity contribution is 6.31. The predicted octanol–water partition coefficient (Wildman–Crippen LogP) is 3.71. The van der Waals surface area contributed by atoms with Gasteiger partial charge in [-0.25, -0.2) is 8.78 Å². The second-order valence-electron chi connectivity index (χ2n) is 4.86. The van der Waals surface area contributed by atoms with Crippen molar-refractivity contribution in [2.24, 2.45) is 5.73 Å². The summed E-state index contributed by atoms with van der Waals surface area (Å²) >= 11 is 6.15. The lowest BCUT2D eigenvalue weighted by atomic mass is 9.76. The molecule has 1 saturated carbocycles. The number of ether oxygens (including phenoxy) is 1. The van der Waals surface area contributed by atoms with Crippen molar-refractivity contribution in [1.29, 1.82) is 0 Å². The summed E-state index contributed by atoms with van der Waals surface area (Å²) in [4.78, 5) is 0. The molecule has 0 saturated heterocycles. The molecule has 1 aliphatic rings. The third kappa shape index (κ3) is 2.59. The van der Waals surface area contributed by atoms with Gasteiger partial charge in [0.05, 0.1) is 7.11 Å². The number of hydrogen-bond donors (Lipinski definition) is 1. The molecule has 0 spiro atoms. The number of benzene rings is 1. The van der Waals surface area contributed by atoms with E-state index in [1.165, 1.54) is 0 Å². The number of nitrogens with two attached hydrogens (primary N) is 1. The zero-order chi connectivity index (χ0) is 13.4. The zero-order valence-electron chi connectivity index (χ0n) is 10.2. The van der Waals surface area contributed by atoms with Gasteiger partial charge in [0.25, 0.3) is 0 Å². The lowest BCUT2D eigenvalue weighted by Crippen LogP contribution is -2.43. The highest BCUT2D eigenvalue weighted by Crippen LogP contribution is 2.44. The topological polar surface area (TPSA) is 35.2 Å². The van der Waals surface area contributed by atoms with Gasteiger partial charge in [0.1, 0.15) is 5.75 Å². The SMILES string of the molecule is COc1ccc(C2(N)CCC(F)(F)CC2)c(Cl)c1. The molecule has 0 aliphatic heterocycles. The lowest BCUT2D eigenvalue weighted by molar-refractivity contribution is -0.0514. The largest absolute Gasteiger partial charge is 0.497 e. The van der Waals surface area contributed by atoms with E-state index in [0.29, 0.717) is 10.8 Å². The minimum absolute atomic E-state index is 0.189. The second-order valence-corrected chi connectivity index (χ2v) is 5.27. The molecule has 5 heteroatoms. The molecule has 2 N–H and O–H groups in total. The van der Waals surface area contributed by atoms with Crippen LogP contribution in [0.3, 0.4) is 0 Å². The molecule has 0 aromatic heterocycles. The maximum Gasteiger partial charge on any atom is 0.248 e. The number of alkyl halides is 2. The Balaban J connectivity index is 2.26. The first-order chi connectivity index (χ1) is 8.36. The lowest BCUT2D eigenvalue weighted by Gasteiger charge is -2.38. The summed E-state index contributed by atoms with van der Waals surface area (Å²) in [5.74, 6) is -1.96. The molecular weight excluding hydrogens is 260 g/mol. The van der Waals surface area contributed by atoms with Gasteiger partial charge in [-0.1, -0.05) is 17.7 Å². The van der Waals surface area contributed by atoms with Crippen LogP contribution in [0.2, 0.25) is 5.02 Å². The summed E-state index contributed by atoms with van der Waals surface area (Å²) < 4.78 is 31.4. The number of hydrogen-bond acceptors (Lipinski definition) is 2. The van der Waals surface area contributed by atoms with Crippen LogP contribution in [-0.4, -0.2) is 13.0 Å². The second kappa shape index (κ2) is 4.67. The summed E-state index contributed by atoms with van der Waals surface area (Å²) in [5.41, 5.74) is 6.20. The Morgan fingerprint density at radius 1 is 1.22 bits per heavy atom. The quantitative estimate of drug-likeness (QED) is 0.893. The Morgan fingerprint density at radius 2 is 1.83 bits per heavy atom. The van der Waals surface area contributed by atoms with Crippen LogP contribution >= 0.6 is 11.6 Å². The van der Waals surface area contributed by atoms with Gasteiger partial charge < -0.3 is 10.5 Å². The van der Waals surface area contributed by atoms with Crippen LogP contribution in [0.25, 0.3) is 0 Å². The maximum absolute atomic E-state index is 13.2. The van der Waals surface area contributed by atoms with Gasteiger partial charge in [0, 0.05) is 23.4 Å². The van der Waals surface area contributed by atoms with Crippen LogP contribution in [0.4, 0.5) is 8.78 Å². The van der Waals surface area contributed by atoms with Crippen LogP contribution in [0.15, 0.2) is 18.2 Å². The fourth-order valence-electron chi connectivity index (χ4n) is 2.36. The molecule has 100 valence electrons. The van der Waals surface area contributed by atoms with E-state index < -0.39 is 11.5 Å². The van der Waals surface area contributed by atoms with Crippen molar-refractivity contribution in [2.75, 3.05) is 7.11 Å². The minimum atomic E-state index is -2.60. The van der Waals surface area contributed by atoms with Crippen molar-refractivity contribution in [3.05, 3.63) is 28.8 Å². The molecule has 1 aromatic rings. The first-order valence-electron chi connectivity index (χ1n) is 5.87. The number of methoxy groups -OCH3 is 1. The van der Waals surface area contributed by atoms with Gasteiger partial charge in [0.2, 0.25) is 5.92 Å². The van der Waals surface area contributed by atoms with Gasteiger partial charge in [-0.15, -0.1) is 0 Å². The van der Waals surface area contributed by atoms with E-state index in [0.717, 1.165) is 5.56 Å². The Kier molecular flexibility index (Phi) is 3.52. The molecule has 0 heterocycles. The molecular formula is C13H16ClF2NO. The molecule has 0 unspecified atom stereocenters. The van der Waals surface area contributed by atoms with Crippen LogP contribution in [0, 0.1) is 0 Å². The van der Waals surface area contributed by atoms with E-state index in [9.17, 15) is 8.78 Å². The van der Waals surface area contributed by atoms with Crippen molar-refractivity contribution >= 4 is 11.6 Å². The summed E-state index contributed by atoms with van der Waals surface area (Å²) in [7, 11) is 1.55. The number of rotatable bonds is 2. The fraction of sp³-hybridized carbons (Fsp3) is 0.538. The predicted molar refractivity (Wildman–Crippen MR) is 67.3 cm³/mol. The van der Waals surface area contributed by atoms with Crippen molar-refractivity contribution in [3.63, 3.8) is 0 Å². The van der Waals surface area contributed by atoms with Gasteiger partial charge in [-0.2, -0.15) is 0 Å². The molecule has 1 aromatic carbocycles. The average Bonchev–Trinajstić information content (AvgIpc) is 2.33. The van der Waals surface area contributed by atoms with Crippen LogP contribution < -0.4 is 10.5 Å². The molecule has 18 heavy (non-hydrogen) atoms. The monoisotopic (exact) mass is 275 g/mol. The Hall–Kier alpha value is -0.870. The summed E-state index contributed by atoms with van der Waals surface area (Å²) in [6.45, 7) is 0. The van der Waals surface area contributed by atoms with E-state index in [1.807, 2.05) is 0 Å². The highest BCUT2D eigenvalue weighted by atomic mass is 35.5. The Morgan fingerprint density at radius 3 is 2.33 bits per heavy atom. The third-order valence-corrected chi connectivity index (χ3v) is 3.90. The highest BCUT2D eigenvalue weighted by Gasteiger charge is 2.42. The molecule has 0 radical (unpaired) electrons. The first kappa shape index (κ1) is 13.6. The smallest absolute Gasteiger partial charge is 0.248 e. The Bertz CT molecular complexity index is 441. The van der Waals surface area contributed by atoms with E-state index in [-0.39, 0.29) is 25.7 Å². The van der Waals surface area contributed by atoms with Crippen molar-refractivity contribution in [3.8, 4) is 5.75 Å². The molecule has 1 fully saturated rings. The van der Waals surface area contributed by atoms with E-state index in [1.54, 1.807) is 25.3 Å². The first-order valence-corrected chi connectivity index (χ1v) is 6.25. The fourth-order valence-corrected chi connectivity index (χ4v) is 2.72. The van der Waals surface area contributed by atoms with Gasteiger partial charge >= 0.3 is 0 Å². The maximum atomic E-state index is 13.2. The number of halogens is 3. The molecule has 2 nitrogen and oxygen atoms in total. The normalized spacial score (nSPS) is 21.6. The van der Waals surface area contributed by atoms with Crippen molar-refractivity contribution in [2.45, 2.75) is 37.1 Å². The minimum Gasteiger partial charge on any atom is -0.497 e. The van der Waals surface area contributed by atoms with Crippen LogP contribution in [0.5, 0.6) is 5.75 Å². The van der Waals surface area contributed by atoms with Gasteiger partial charge in [0.15, 0.2) is 0 Å². The molecule has 0 amide bonds. The summed E-state index contributed by atoms with van der Waals surface area (Å²) in [6.07, 6.45) is 0.107. The zero-order valence-corrected chi connectivity index (χ0v) is 10.9. The summed E-state index contributed by atoms with van der Waals surface area (Å²) in [5, 5.41) is 0.474. The Labute approximate surface area is 110 Å². The average molecular weight is 276 g/mol. The van der Waals surface area contributed by atoms with Gasteiger partial charge in [-0.3, -0.25) is 0 Å². The summed E-state index contributed by atoms with van der Waals surface area (Å²) in [6, 6.07) is 5.19. The standard InChI is InChI=1S/C13H16ClF2NO/c1-18-9-2-3-10(11(14)8-9)12(17)4-6-13(15,16)7-5-12/h2-3,8H,4-7,17H2,1H3. The van der Waals surface area contributed by atoms with Crippen LogP contribution in [-0.2, 0) is 5.54 Å². The molecule has 2 rings (SSSR count). The molecule has 0 bridgehead atoms. The van der Waals surface area contributed by atoms with E-state index in [2.05, 4.69) is 0 Å². The van der Waals surface area contributed by atoms with E-state index in [4.69, 9.17) is 22.1 Å². The third-order valence-electron chi connectivity index (χ3n) is 3.59. The van der Waals surface area contributed by atoms with Crippen LogP contribution in [0.1, 0.15) is 31.2 Å². The van der Waals surface area contributed by atoms with Crippen molar-refractivity contribution < 1.29 is 13.5 Å². The van der Waals surface area contributed by atoms with Crippen molar-refractivity contribution in [1.82, 2.24) is 0 Å². The van der Waals surface area contributed by atoms with Gasteiger partial charge in [-0.05, 0) is 30.5 Å². The van der Waals surface area contributed by atoms with E-state index >= 15 is 0 Å².